The summed E-state index contributed by atoms with van der Waals surface area (Å²) in [5, 5.41) is 11.5. The average Bonchev–Trinajstić information content (AvgIpc) is 3.13. The van der Waals surface area contributed by atoms with Crippen LogP contribution >= 0.6 is 23.4 Å². The molecule has 2 aromatic carbocycles. The van der Waals surface area contributed by atoms with Crippen molar-refractivity contribution in [2.45, 2.75) is 5.22 Å². The minimum absolute atomic E-state index is 0.135. The molecule has 0 bridgehead atoms. The fourth-order valence-electron chi connectivity index (χ4n) is 2.07. The average molecular weight is 390 g/mol. The molecule has 0 saturated carbocycles. The maximum absolute atomic E-state index is 11.9. The summed E-state index contributed by atoms with van der Waals surface area (Å²) < 4.78 is 11.0. The van der Waals surface area contributed by atoms with Gasteiger partial charge < -0.3 is 14.5 Å². The zero-order chi connectivity index (χ0) is 18.2. The van der Waals surface area contributed by atoms with Crippen molar-refractivity contribution in [1.82, 2.24) is 15.5 Å². The van der Waals surface area contributed by atoms with Gasteiger partial charge in [0, 0.05) is 0 Å². The number of benzene rings is 2. The van der Waals surface area contributed by atoms with E-state index in [4.69, 9.17) is 20.8 Å². The van der Waals surface area contributed by atoms with Crippen LogP contribution in [0.25, 0.3) is 11.5 Å². The van der Waals surface area contributed by atoms with Gasteiger partial charge in [0.05, 0.1) is 22.9 Å². The number of aromatic nitrogens is 2. The van der Waals surface area contributed by atoms with E-state index in [1.165, 1.54) is 11.8 Å². The zero-order valence-electron chi connectivity index (χ0n) is 13.7. The predicted molar refractivity (Wildman–Crippen MR) is 100 cm³/mol. The summed E-state index contributed by atoms with van der Waals surface area (Å²) in [6.45, 7) is 0.820. The molecule has 3 rings (SSSR count). The summed E-state index contributed by atoms with van der Waals surface area (Å²) in [6.07, 6.45) is 0. The third kappa shape index (κ3) is 5.24. The number of hydrogen-bond donors (Lipinski definition) is 1. The van der Waals surface area contributed by atoms with Crippen molar-refractivity contribution in [3.63, 3.8) is 0 Å². The highest BCUT2D eigenvalue weighted by Crippen LogP contribution is 2.28. The molecule has 8 heteroatoms. The fraction of sp³-hybridized carbons (Fsp3) is 0.167. The van der Waals surface area contributed by atoms with Crippen LogP contribution in [0.3, 0.4) is 0 Å². The second-order valence-corrected chi connectivity index (χ2v) is 6.49. The number of hydrogen-bond acceptors (Lipinski definition) is 6. The molecular weight excluding hydrogens is 374 g/mol. The molecule has 0 radical (unpaired) electrons. The van der Waals surface area contributed by atoms with Crippen LogP contribution < -0.4 is 10.1 Å². The minimum Gasteiger partial charge on any atom is -0.492 e. The summed E-state index contributed by atoms with van der Waals surface area (Å²) in [7, 11) is 0. The number of amides is 1. The Morgan fingerprint density at radius 2 is 1.88 bits per heavy atom. The number of ether oxygens (including phenoxy) is 1. The van der Waals surface area contributed by atoms with Gasteiger partial charge in [-0.15, -0.1) is 10.2 Å². The highest BCUT2D eigenvalue weighted by atomic mass is 35.5. The van der Waals surface area contributed by atoms with Crippen LogP contribution in [-0.2, 0) is 4.79 Å². The molecule has 26 heavy (non-hydrogen) atoms. The summed E-state index contributed by atoms with van der Waals surface area (Å²) in [5.74, 6) is 1.14. The van der Waals surface area contributed by atoms with E-state index in [1.807, 2.05) is 42.5 Å². The number of nitrogens with zero attached hydrogens (tertiary/aromatic N) is 2. The Bertz CT molecular complexity index is 858. The minimum atomic E-state index is -0.135. The predicted octanol–water partition coefficient (Wildman–Crippen LogP) is 3.68. The normalized spacial score (nSPS) is 10.5. The highest BCUT2D eigenvalue weighted by Gasteiger charge is 2.13. The molecule has 1 heterocycles. The molecule has 3 aromatic rings. The summed E-state index contributed by atoms with van der Waals surface area (Å²) >= 11 is 7.27. The third-order valence-electron chi connectivity index (χ3n) is 3.27. The van der Waals surface area contributed by atoms with Gasteiger partial charge >= 0.3 is 0 Å². The molecule has 134 valence electrons. The van der Waals surface area contributed by atoms with Crippen molar-refractivity contribution in [1.29, 1.82) is 0 Å². The molecule has 0 fully saturated rings. The second kappa shape index (κ2) is 9.26. The van der Waals surface area contributed by atoms with Gasteiger partial charge in [-0.3, -0.25) is 4.79 Å². The standard InChI is InChI=1S/C18H16ClN3O3S/c19-15-9-5-4-8-14(15)17-21-22-18(25-17)26-12-16(23)20-10-11-24-13-6-2-1-3-7-13/h1-9H,10-12H2,(H,20,23). The number of rotatable bonds is 8. The van der Waals surface area contributed by atoms with Crippen LogP contribution in [-0.4, -0.2) is 35.0 Å². The smallest absolute Gasteiger partial charge is 0.277 e. The molecule has 0 unspecified atom stereocenters. The lowest BCUT2D eigenvalue weighted by molar-refractivity contribution is -0.118. The fourth-order valence-corrected chi connectivity index (χ4v) is 2.88. The van der Waals surface area contributed by atoms with Gasteiger partial charge in [0.15, 0.2) is 0 Å². The Hall–Kier alpha value is -2.51. The van der Waals surface area contributed by atoms with Crippen LogP contribution in [0.1, 0.15) is 0 Å². The van der Waals surface area contributed by atoms with Crippen LogP contribution in [0.4, 0.5) is 0 Å². The van der Waals surface area contributed by atoms with Crippen molar-refractivity contribution in [3.8, 4) is 17.2 Å². The third-order valence-corrected chi connectivity index (χ3v) is 4.42. The Kier molecular flexibility index (Phi) is 6.51. The van der Waals surface area contributed by atoms with Crippen LogP contribution in [0, 0.1) is 0 Å². The van der Waals surface area contributed by atoms with E-state index in [0.717, 1.165) is 5.75 Å². The van der Waals surface area contributed by atoms with Gasteiger partial charge in [0.1, 0.15) is 12.4 Å². The number of nitrogens with one attached hydrogen (secondary N) is 1. The van der Waals surface area contributed by atoms with Crippen molar-refractivity contribution < 1.29 is 13.9 Å². The van der Waals surface area contributed by atoms with Crippen LogP contribution in [0.15, 0.2) is 64.2 Å². The second-order valence-electron chi connectivity index (χ2n) is 5.15. The van der Waals surface area contributed by atoms with E-state index in [1.54, 1.807) is 12.1 Å². The topological polar surface area (TPSA) is 77.2 Å². The van der Waals surface area contributed by atoms with Crippen molar-refractivity contribution in [3.05, 3.63) is 59.6 Å². The van der Waals surface area contributed by atoms with Gasteiger partial charge in [-0.05, 0) is 24.3 Å². The molecule has 0 atom stereocenters. The van der Waals surface area contributed by atoms with E-state index in [-0.39, 0.29) is 11.7 Å². The van der Waals surface area contributed by atoms with Crippen LogP contribution in [0.5, 0.6) is 5.75 Å². The molecule has 1 N–H and O–H groups in total. The summed E-state index contributed by atoms with van der Waals surface area (Å²) in [6, 6.07) is 16.6. The molecule has 0 aliphatic carbocycles. The molecule has 6 nitrogen and oxygen atoms in total. The quantitative estimate of drug-likeness (QED) is 0.467. The number of carbonyl (C=O) groups excluding carboxylic acids is 1. The first-order valence-electron chi connectivity index (χ1n) is 7.88. The molecule has 1 aromatic heterocycles. The first-order chi connectivity index (χ1) is 12.7. The monoisotopic (exact) mass is 389 g/mol. The van der Waals surface area contributed by atoms with E-state index in [2.05, 4.69) is 15.5 Å². The molecule has 0 spiro atoms. The summed E-state index contributed by atoms with van der Waals surface area (Å²) in [5.41, 5.74) is 0.663. The van der Waals surface area contributed by atoms with E-state index >= 15 is 0 Å². The molecule has 1 amide bonds. The van der Waals surface area contributed by atoms with Gasteiger partial charge in [-0.2, -0.15) is 0 Å². The van der Waals surface area contributed by atoms with E-state index in [9.17, 15) is 4.79 Å². The van der Waals surface area contributed by atoms with Crippen molar-refractivity contribution in [2.24, 2.45) is 0 Å². The van der Waals surface area contributed by atoms with Crippen molar-refractivity contribution in [2.75, 3.05) is 18.9 Å². The Morgan fingerprint density at radius 1 is 1.12 bits per heavy atom. The lowest BCUT2D eigenvalue weighted by Crippen LogP contribution is -2.29. The largest absolute Gasteiger partial charge is 0.492 e. The number of para-hydroxylation sites is 1. The van der Waals surface area contributed by atoms with Crippen LogP contribution in [0.2, 0.25) is 5.02 Å². The highest BCUT2D eigenvalue weighted by molar-refractivity contribution is 7.99. The van der Waals surface area contributed by atoms with Gasteiger partial charge in [-0.25, -0.2) is 0 Å². The van der Waals surface area contributed by atoms with Gasteiger partial charge in [0.2, 0.25) is 11.8 Å². The number of carbonyl (C=O) groups is 1. The Morgan fingerprint density at radius 3 is 2.69 bits per heavy atom. The van der Waals surface area contributed by atoms with Crippen molar-refractivity contribution >= 4 is 29.3 Å². The maximum Gasteiger partial charge on any atom is 0.277 e. The number of halogens is 1. The zero-order valence-corrected chi connectivity index (χ0v) is 15.3. The van der Waals surface area contributed by atoms with E-state index < -0.39 is 0 Å². The Balaban J connectivity index is 1.40. The maximum atomic E-state index is 11.9. The molecular formula is C18H16ClN3O3S. The van der Waals surface area contributed by atoms with Gasteiger partial charge in [0.25, 0.3) is 5.22 Å². The number of thioether (sulfide) groups is 1. The van der Waals surface area contributed by atoms with Gasteiger partial charge in [-0.1, -0.05) is 53.7 Å². The summed E-state index contributed by atoms with van der Waals surface area (Å²) in [4.78, 5) is 11.9. The SMILES string of the molecule is O=C(CSc1nnc(-c2ccccc2Cl)o1)NCCOc1ccccc1. The van der Waals surface area contributed by atoms with E-state index in [0.29, 0.717) is 34.9 Å². The lowest BCUT2D eigenvalue weighted by atomic mass is 10.2. The molecule has 0 aliphatic heterocycles. The first-order valence-corrected chi connectivity index (χ1v) is 9.24. The Labute approximate surface area is 159 Å². The first kappa shape index (κ1) is 18.3. The molecule has 0 saturated heterocycles. The lowest BCUT2D eigenvalue weighted by Gasteiger charge is -2.06. The molecule has 0 aliphatic rings.